The van der Waals surface area contributed by atoms with Crippen LogP contribution < -0.4 is 0 Å². The van der Waals surface area contributed by atoms with Gasteiger partial charge in [-0.2, -0.15) is 13.2 Å². The van der Waals surface area contributed by atoms with Crippen LogP contribution in [0.1, 0.15) is 24.5 Å². The lowest BCUT2D eigenvalue weighted by molar-refractivity contribution is -0.188. The molecule has 0 radical (unpaired) electrons. The summed E-state index contributed by atoms with van der Waals surface area (Å²) in [7, 11) is -4.55. The molecule has 2 aromatic carbocycles. The number of amides is 1. The number of alkyl halides is 3. The van der Waals surface area contributed by atoms with Crippen molar-refractivity contribution in [1.82, 2.24) is 4.90 Å². The van der Waals surface area contributed by atoms with Crippen molar-refractivity contribution in [2.45, 2.75) is 49.2 Å². The summed E-state index contributed by atoms with van der Waals surface area (Å²) in [5.41, 5.74) is 1.62. The molecule has 0 heterocycles. The summed E-state index contributed by atoms with van der Waals surface area (Å²) >= 11 is 7.85. The first-order valence-corrected chi connectivity index (χ1v) is 14.9. The predicted molar refractivity (Wildman–Crippen MR) is 139 cm³/mol. The number of carboxylic acid groups (broad SMARTS) is 1. The van der Waals surface area contributed by atoms with E-state index in [0.29, 0.717) is 33.9 Å². The van der Waals surface area contributed by atoms with E-state index in [1.54, 1.807) is 50.2 Å². The fourth-order valence-corrected chi connectivity index (χ4v) is 6.97. The van der Waals surface area contributed by atoms with E-state index in [1.807, 2.05) is 0 Å². The van der Waals surface area contributed by atoms with Crippen molar-refractivity contribution in [2.75, 3.05) is 6.29 Å². The fraction of sp³-hybridized carbons (Fsp3) is 0.333. The number of rotatable bonds is 11. The first-order valence-electron chi connectivity index (χ1n) is 10.1. The van der Waals surface area contributed by atoms with Crippen LogP contribution in [0.15, 0.2) is 55.1 Å². The van der Waals surface area contributed by atoms with Crippen LogP contribution in [0.3, 0.4) is 0 Å². The minimum atomic E-state index is -5.40. The van der Waals surface area contributed by atoms with Crippen molar-refractivity contribution >= 4 is 75.4 Å². The Kier molecular flexibility index (Phi) is 11.4. The normalized spacial score (nSPS) is 12.9. The van der Waals surface area contributed by atoms with Gasteiger partial charge in [-0.1, -0.05) is 38.8 Å². The van der Waals surface area contributed by atoms with Gasteiger partial charge in [0.15, 0.2) is 0 Å². The van der Waals surface area contributed by atoms with Crippen molar-refractivity contribution in [3.63, 3.8) is 0 Å². The molecule has 198 valence electrons. The molecule has 7 nitrogen and oxygen atoms in total. The number of benzene rings is 2. The maximum absolute atomic E-state index is 13.7. The molecule has 0 aliphatic heterocycles. The average molecular weight is 695 g/mol. The van der Waals surface area contributed by atoms with E-state index in [2.05, 4.69) is 31.9 Å². The summed E-state index contributed by atoms with van der Waals surface area (Å²) in [6, 6.07) is 8.07. The smallest absolute Gasteiger partial charge is 0.471 e. The molecule has 0 spiro atoms. The van der Waals surface area contributed by atoms with Crippen molar-refractivity contribution in [3.05, 3.63) is 56.5 Å². The van der Waals surface area contributed by atoms with Crippen molar-refractivity contribution in [2.24, 2.45) is 0 Å². The van der Waals surface area contributed by atoms with Crippen LogP contribution in [0.2, 0.25) is 0 Å². The van der Waals surface area contributed by atoms with Gasteiger partial charge in [-0.25, -0.2) is 12.7 Å². The van der Waals surface area contributed by atoms with Crippen LogP contribution in [0, 0.1) is 13.8 Å². The third-order valence-corrected chi connectivity index (χ3v) is 10.4. The molecule has 0 bridgehead atoms. The number of carbonyl (C=O) groups is 2. The van der Waals surface area contributed by atoms with Crippen molar-refractivity contribution in [1.29, 1.82) is 0 Å². The van der Waals surface area contributed by atoms with Gasteiger partial charge in [0, 0.05) is 42.8 Å². The molecule has 0 aliphatic carbocycles. The quantitative estimate of drug-likeness (QED) is 0.187. The maximum Gasteiger partial charge on any atom is 0.471 e. The monoisotopic (exact) mass is 693 g/mol. The number of carboxylic acids is 1. The van der Waals surface area contributed by atoms with Gasteiger partial charge in [-0.3, -0.25) is 9.36 Å². The number of nitrogens with zero attached hydrogens (tertiary/aromatic N) is 1. The van der Waals surface area contributed by atoms with Crippen LogP contribution in [0.25, 0.3) is 0 Å². The Morgan fingerprint density at radius 3 is 1.81 bits per heavy atom. The Balaban J connectivity index is 2.40. The Labute approximate surface area is 231 Å². The van der Waals surface area contributed by atoms with E-state index in [-0.39, 0.29) is 11.3 Å². The second kappa shape index (κ2) is 13.2. The number of carbonyl (C=O) groups excluding carboxylic acids is 1. The molecule has 0 aliphatic rings. The minimum absolute atomic E-state index is 0.0239. The molecule has 36 heavy (non-hydrogen) atoms. The second-order valence-electron chi connectivity index (χ2n) is 7.43. The predicted octanol–water partition coefficient (Wildman–Crippen LogP) is 7.98. The Morgan fingerprint density at radius 1 is 1.03 bits per heavy atom. The van der Waals surface area contributed by atoms with Gasteiger partial charge in [0.2, 0.25) is 0 Å². The largest absolute Gasteiger partial charge is 0.480 e. The van der Waals surface area contributed by atoms with E-state index in [4.69, 9.17) is 7.94 Å². The summed E-state index contributed by atoms with van der Waals surface area (Å²) in [5, 5.41) is 9.43. The SMILES string of the molecule is CCC(C(=O)O)N(CP(=O)(OSc1ccc(Br)c(C)c1)OSc1ccc(Br)c(C)c1)C(=O)C(F)(F)F. The summed E-state index contributed by atoms with van der Waals surface area (Å²) in [5.74, 6) is -4.15. The van der Waals surface area contributed by atoms with Gasteiger partial charge >= 0.3 is 25.6 Å². The van der Waals surface area contributed by atoms with Gasteiger partial charge < -0.3 is 10.0 Å². The molecular weight excluding hydrogens is 674 g/mol. The zero-order chi connectivity index (χ0) is 27.3. The van der Waals surface area contributed by atoms with Gasteiger partial charge in [0.25, 0.3) is 0 Å². The van der Waals surface area contributed by atoms with Crippen LogP contribution in [0.5, 0.6) is 0 Å². The minimum Gasteiger partial charge on any atom is -0.480 e. The summed E-state index contributed by atoms with van der Waals surface area (Å²) in [4.78, 5) is 24.7. The van der Waals surface area contributed by atoms with Crippen LogP contribution in [-0.2, 0) is 22.1 Å². The first-order chi connectivity index (χ1) is 16.7. The summed E-state index contributed by atoms with van der Waals surface area (Å²) in [6.45, 7) is 4.87. The third kappa shape index (κ3) is 8.78. The first kappa shape index (κ1) is 31.2. The molecule has 0 fully saturated rings. The lowest BCUT2D eigenvalue weighted by atomic mass is 10.2. The lowest BCUT2D eigenvalue weighted by Crippen LogP contribution is -2.50. The fourth-order valence-electron chi connectivity index (χ4n) is 2.78. The van der Waals surface area contributed by atoms with E-state index in [9.17, 15) is 32.4 Å². The zero-order valence-corrected chi connectivity index (χ0v) is 24.7. The topological polar surface area (TPSA) is 93.1 Å². The Bertz CT molecular complexity index is 1110. The molecule has 0 saturated heterocycles. The number of halogens is 5. The summed E-state index contributed by atoms with van der Waals surface area (Å²) < 4.78 is 66.1. The van der Waals surface area contributed by atoms with Crippen molar-refractivity contribution < 1.29 is 40.4 Å². The highest BCUT2D eigenvalue weighted by atomic mass is 79.9. The van der Waals surface area contributed by atoms with E-state index in [1.165, 1.54) is 6.92 Å². The molecule has 2 rings (SSSR count). The van der Waals surface area contributed by atoms with Crippen LogP contribution >= 0.6 is 63.5 Å². The van der Waals surface area contributed by atoms with Gasteiger partial charge in [0.1, 0.15) is 12.3 Å². The van der Waals surface area contributed by atoms with Gasteiger partial charge in [-0.05, 0) is 67.8 Å². The molecule has 2 aromatic rings. The molecule has 0 aromatic heterocycles. The molecule has 1 unspecified atom stereocenters. The summed E-state index contributed by atoms with van der Waals surface area (Å²) in [6.07, 6.45) is -7.00. The standard InChI is InChI=1S/C21H21Br2F3NO6PS2/c1-4-18(19(28)29)27(20(30)21(24,25)26)11-34(31,32-35-14-5-7-16(22)12(2)9-14)33-36-15-6-8-17(23)13(3)10-15/h5-10,18H,4,11H2,1-3H3,(H,28,29). The lowest BCUT2D eigenvalue weighted by Gasteiger charge is -2.31. The van der Waals surface area contributed by atoms with Crippen LogP contribution in [-0.4, -0.2) is 40.4 Å². The molecule has 1 atom stereocenters. The number of aliphatic carboxylic acids is 1. The van der Waals surface area contributed by atoms with Crippen molar-refractivity contribution in [3.8, 4) is 0 Å². The molecule has 1 N–H and O–H groups in total. The van der Waals surface area contributed by atoms with E-state index < -0.39 is 38.0 Å². The van der Waals surface area contributed by atoms with Crippen LogP contribution in [0.4, 0.5) is 13.2 Å². The molecule has 0 saturated carbocycles. The second-order valence-corrected chi connectivity index (χ2v) is 13.1. The Hall–Kier alpha value is -1.02. The van der Waals surface area contributed by atoms with Gasteiger partial charge in [-0.15, -0.1) is 0 Å². The highest BCUT2D eigenvalue weighted by molar-refractivity contribution is 9.10. The van der Waals surface area contributed by atoms with E-state index >= 15 is 0 Å². The average Bonchev–Trinajstić information content (AvgIpc) is 2.79. The number of hydrogen-bond donors (Lipinski definition) is 1. The highest BCUT2D eigenvalue weighted by Gasteiger charge is 2.49. The molecule has 15 heteroatoms. The maximum atomic E-state index is 13.7. The van der Waals surface area contributed by atoms with E-state index in [0.717, 1.165) is 20.1 Å². The highest BCUT2D eigenvalue weighted by Crippen LogP contribution is 2.58. The Morgan fingerprint density at radius 2 is 1.47 bits per heavy atom. The third-order valence-electron chi connectivity index (χ3n) is 4.63. The molecular formula is C21H21Br2F3NO6PS2. The van der Waals surface area contributed by atoms with Gasteiger partial charge in [0.05, 0.1) is 0 Å². The number of hydrogen-bond acceptors (Lipinski definition) is 7. The number of aryl methyl sites for hydroxylation is 2. The zero-order valence-electron chi connectivity index (χ0n) is 19.0. The molecule has 1 amide bonds.